The Morgan fingerprint density at radius 3 is 2.00 bits per heavy atom. The Morgan fingerprint density at radius 2 is 1.73 bits per heavy atom. The molecule has 0 aliphatic rings. The maximum Gasteiger partial charge on any atom is 0.523 e. The van der Waals surface area contributed by atoms with E-state index in [2.05, 4.69) is 4.18 Å². The number of alkyl halides is 3. The molecule has 0 fully saturated rings. The predicted octanol–water partition coefficient (Wildman–Crippen LogP) is 1.52. The van der Waals surface area contributed by atoms with Crippen LogP contribution in [-0.4, -0.2) is 33.7 Å². The van der Waals surface area contributed by atoms with Crippen LogP contribution >= 0.6 is 0 Å². The van der Waals surface area contributed by atoms with Gasteiger partial charge in [0.2, 0.25) is 0 Å². The fourth-order valence-corrected chi connectivity index (χ4v) is 1.20. The second-order valence-electron chi connectivity index (χ2n) is 3.20. The maximum atomic E-state index is 11.8. The van der Waals surface area contributed by atoms with Gasteiger partial charge in [0.15, 0.2) is 0 Å². The van der Waals surface area contributed by atoms with Gasteiger partial charge in [-0.3, -0.25) is 4.18 Å². The normalized spacial score (nSPS) is 15.7. The Morgan fingerprint density at radius 1 is 1.27 bits per heavy atom. The average molecular weight is 250 g/mol. The third kappa shape index (κ3) is 4.35. The van der Waals surface area contributed by atoms with Crippen LogP contribution in [0.25, 0.3) is 0 Å². The standard InChI is InChI=1S/C7H13F3O4S/c1-5(2)6(13-3)4-14-15(11,12)7(8,9)10/h5-6H,4H2,1-3H3. The molecule has 0 saturated heterocycles. The molecule has 0 aromatic rings. The van der Waals surface area contributed by atoms with E-state index >= 15 is 0 Å². The monoisotopic (exact) mass is 250 g/mol. The van der Waals surface area contributed by atoms with Gasteiger partial charge >= 0.3 is 15.6 Å². The number of ether oxygens (including phenoxy) is 1. The molecule has 0 aliphatic heterocycles. The zero-order chi connectivity index (χ0) is 12.3. The van der Waals surface area contributed by atoms with Crippen LogP contribution < -0.4 is 0 Å². The number of hydrogen-bond acceptors (Lipinski definition) is 4. The largest absolute Gasteiger partial charge is 0.523 e. The first kappa shape index (κ1) is 14.7. The summed E-state index contributed by atoms with van der Waals surface area (Å²) in [6.45, 7) is 2.71. The highest BCUT2D eigenvalue weighted by atomic mass is 32.2. The molecule has 0 aliphatic carbocycles. The topological polar surface area (TPSA) is 52.6 Å². The van der Waals surface area contributed by atoms with Crippen molar-refractivity contribution in [3.63, 3.8) is 0 Å². The molecule has 0 spiro atoms. The lowest BCUT2D eigenvalue weighted by molar-refractivity contribution is -0.0589. The molecule has 0 bridgehead atoms. The van der Waals surface area contributed by atoms with Crippen LogP contribution in [-0.2, 0) is 19.0 Å². The van der Waals surface area contributed by atoms with E-state index in [1.165, 1.54) is 7.11 Å². The van der Waals surface area contributed by atoms with Crippen molar-refractivity contribution in [3.8, 4) is 0 Å². The van der Waals surface area contributed by atoms with Crippen molar-refractivity contribution in [3.05, 3.63) is 0 Å². The summed E-state index contributed by atoms with van der Waals surface area (Å²) in [4.78, 5) is 0. The Balaban J connectivity index is 4.39. The first-order chi connectivity index (χ1) is 6.62. The van der Waals surface area contributed by atoms with Crippen molar-refractivity contribution >= 4 is 10.1 Å². The molecule has 15 heavy (non-hydrogen) atoms. The lowest BCUT2D eigenvalue weighted by Gasteiger charge is -2.19. The zero-order valence-electron chi connectivity index (χ0n) is 8.54. The molecular formula is C7H13F3O4S. The van der Waals surface area contributed by atoms with E-state index in [9.17, 15) is 21.6 Å². The van der Waals surface area contributed by atoms with E-state index in [4.69, 9.17) is 4.74 Å². The van der Waals surface area contributed by atoms with Gasteiger partial charge in [0.25, 0.3) is 0 Å². The predicted molar refractivity (Wildman–Crippen MR) is 46.6 cm³/mol. The molecule has 0 aromatic heterocycles. The van der Waals surface area contributed by atoms with Crippen LogP contribution in [0.1, 0.15) is 13.8 Å². The molecule has 0 saturated carbocycles. The van der Waals surface area contributed by atoms with E-state index in [-0.39, 0.29) is 5.92 Å². The molecule has 1 unspecified atom stereocenters. The van der Waals surface area contributed by atoms with Crippen LogP contribution in [0.5, 0.6) is 0 Å². The summed E-state index contributed by atoms with van der Waals surface area (Å²) < 4.78 is 65.1. The van der Waals surface area contributed by atoms with Crippen molar-refractivity contribution in [2.45, 2.75) is 25.5 Å². The first-order valence-corrected chi connectivity index (χ1v) is 5.51. The fourth-order valence-electron chi connectivity index (χ4n) is 0.756. The summed E-state index contributed by atoms with van der Waals surface area (Å²) in [6, 6.07) is 0. The van der Waals surface area contributed by atoms with Crippen molar-refractivity contribution in [2.75, 3.05) is 13.7 Å². The third-order valence-corrected chi connectivity index (χ3v) is 2.73. The second kappa shape index (κ2) is 5.13. The van der Waals surface area contributed by atoms with E-state index in [0.29, 0.717) is 0 Å². The van der Waals surface area contributed by atoms with Gasteiger partial charge in [-0.2, -0.15) is 21.6 Å². The van der Waals surface area contributed by atoms with Crippen molar-refractivity contribution in [1.82, 2.24) is 0 Å². The quantitative estimate of drug-likeness (QED) is 0.548. The summed E-state index contributed by atoms with van der Waals surface area (Å²) >= 11 is 0. The molecule has 0 N–H and O–H groups in total. The van der Waals surface area contributed by atoms with Crippen LogP contribution in [0.4, 0.5) is 13.2 Å². The lowest BCUT2D eigenvalue weighted by Crippen LogP contribution is -2.31. The van der Waals surface area contributed by atoms with Crippen molar-refractivity contribution in [2.24, 2.45) is 5.92 Å². The van der Waals surface area contributed by atoms with E-state index in [0.717, 1.165) is 0 Å². The van der Waals surface area contributed by atoms with Crippen LogP contribution in [0, 0.1) is 5.92 Å². The van der Waals surface area contributed by atoms with E-state index in [1.807, 2.05) is 0 Å². The zero-order valence-corrected chi connectivity index (χ0v) is 9.35. The molecule has 0 aromatic carbocycles. The van der Waals surface area contributed by atoms with Gasteiger partial charge < -0.3 is 4.74 Å². The summed E-state index contributed by atoms with van der Waals surface area (Å²) in [7, 11) is -4.24. The first-order valence-electron chi connectivity index (χ1n) is 4.10. The molecule has 1 atom stereocenters. The van der Waals surface area contributed by atoms with Gasteiger partial charge in [-0.25, -0.2) is 0 Å². The molecule has 0 heterocycles. The highest BCUT2D eigenvalue weighted by Crippen LogP contribution is 2.25. The van der Waals surface area contributed by atoms with Gasteiger partial charge in [0.05, 0.1) is 12.7 Å². The molecule has 92 valence electrons. The SMILES string of the molecule is COC(COS(=O)(=O)C(F)(F)F)C(C)C. The number of halogens is 3. The molecule has 0 rings (SSSR count). The van der Waals surface area contributed by atoms with E-state index in [1.54, 1.807) is 13.8 Å². The number of methoxy groups -OCH3 is 1. The molecular weight excluding hydrogens is 237 g/mol. The minimum absolute atomic E-state index is 0.140. The summed E-state index contributed by atoms with van der Waals surface area (Å²) in [5.74, 6) is -0.140. The van der Waals surface area contributed by atoms with Crippen molar-refractivity contribution in [1.29, 1.82) is 0 Å². The third-order valence-electron chi connectivity index (χ3n) is 1.72. The molecule has 0 radical (unpaired) electrons. The van der Waals surface area contributed by atoms with Crippen LogP contribution in [0.3, 0.4) is 0 Å². The highest BCUT2D eigenvalue weighted by Gasteiger charge is 2.47. The highest BCUT2D eigenvalue weighted by molar-refractivity contribution is 7.87. The smallest absolute Gasteiger partial charge is 0.379 e. The summed E-state index contributed by atoms with van der Waals surface area (Å²) in [6.07, 6.45) is -0.692. The van der Waals surface area contributed by atoms with Gasteiger partial charge in [-0.15, -0.1) is 0 Å². The molecule has 8 heteroatoms. The molecule has 4 nitrogen and oxygen atoms in total. The van der Waals surface area contributed by atoms with E-state index < -0.39 is 28.3 Å². The lowest BCUT2D eigenvalue weighted by atomic mass is 10.1. The second-order valence-corrected chi connectivity index (χ2v) is 4.81. The number of rotatable bonds is 5. The van der Waals surface area contributed by atoms with Gasteiger partial charge in [-0.05, 0) is 5.92 Å². The maximum absolute atomic E-state index is 11.8. The van der Waals surface area contributed by atoms with Gasteiger partial charge in [0, 0.05) is 7.11 Å². The van der Waals surface area contributed by atoms with Crippen molar-refractivity contribution < 1.29 is 30.5 Å². The number of hydrogen-bond donors (Lipinski definition) is 0. The minimum Gasteiger partial charge on any atom is -0.379 e. The minimum atomic E-state index is -5.52. The van der Waals surface area contributed by atoms with Gasteiger partial charge in [0.1, 0.15) is 0 Å². The average Bonchev–Trinajstić information content (AvgIpc) is 2.02. The Bertz CT molecular complexity index is 283. The van der Waals surface area contributed by atoms with Crippen LogP contribution in [0.15, 0.2) is 0 Å². The molecule has 0 amide bonds. The Labute approximate surface area is 86.5 Å². The summed E-state index contributed by atoms with van der Waals surface area (Å²) in [5, 5.41) is 0. The van der Waals surface area contributed by atoms with Crippen LogP contribution in [0.2, 0.25) is 0 Å². The Kier molecular flexibility index (Phi) is 5.01. The fraction of sp³-hybridized carbons (Fsp3) is 1.00. The Hall–Kier alpha value is -0.340. The summed E-state index contributed by atoms with van der Waals surface area (Å²) in [5.41, 5.74) is -5.39. The van der Waals surface area contributed by atoms with Gasteiger partial charge in [-0.1, -0.05) is 13.8 Å².